The van der Waals surface area contributed by atoms with Crippen molar-refractivity contribution in [1.29, 1.82) is 0 Å². The van der Waals surface area contributed by atoms with Crippen molar-refractivity contribution in [3.05, 3.63) is 97.2 Å². The second-order valence-corrected chi connectivity index (χ2v) is 17.4. The van der Waals surface area contributed by atoms with Gasteiger partial charge in [-0.2, -0.15) is 0 Å². The maximum Gasteiger partial charge on any atom is 0.306 e. The molecule has 0 aliphatic rings. The van der Waals surface area contributed by atoms with Crippen LogP contribution in [0.1, 0.15) is 239 Å². The highest BCUT2D eigenvalue weighted by molar-refractivity contribution is 5.71. The molecule has 0 radical (unpaired) electrons. The Balaban J connectivity index is 4.55. The van der Waals surface area contributed by atoms with Gasteiger partial charge in [-0.3, -0.25) is 14.4 Å². The zero-order chi connectivity index (χ0) is 47.2. The molecule has 0 aromatic rings. The fourth-order valence-corrected chi connectivity index (χ4v) is 7.02. The van der Waals surface area contributed by atoms with Gasteiger partial charge in [0.15, 0.2) is 6.10 Å². The van der Waals surface area contributed by atoms with Crippen molar-refractivity contribution in [2.75, 3.05) is 13.2 Å². The molecule has 0 rings (SSSR count). The van der Waals surface area contributed by atoms with Gasteiger partial charge in [0.05, 0.1) is 0 Å². The third-order valence-electron chi connectivity index (χ3n) is 11.1. The van der Waals surface area contributed by atoms with Crippen molar-refractivity contribution in [2.45, 2.75) is 245 Å². The number of allylic oxidation sites excluding steroid dienone is 16. The SMILES string of the molecule is CCCCC/C=C\C/C=C\C/C=C\C/C=C\C/C=C\CCC(=O)OC[C@H](COC(=O)CCCCCCCCCCCCCCC)OC(=O)CCCC/C=C\C/C=C\C/C=C\CCCCC. The Morgan fingerprint density at radius 2 is 0.585 bits per heavy atom. The Hall–Kier alpha value is -3.67. The van der Waals surface area contributed by atoms with Crippen LogP contribution < -0.4 is 0 Å². The maximum atomic E-state index is 12.8. The van der Waals surface area contributed by atoms with Crippen LogP contribution in [0.25, 0.3) is 0 Å². The van der Waals surface area contributed by atoms with Crippen LogP contribution in [0, 0.1) is 0 Å². The van der Waals surface area contributed by atoms with Gasteiger partial charge in [-0.1, -0.05) is 221 Å². The predicted molar refractivity (Wildman–Crippen MR) is 279 cm³/mol. The lowest BCUT2D eigenvalue weighted by atomic mass is 10.0. The molecule has 0 aromatic heterocycles. The van der Waals surface area contributed by atoms with E-state index in [4.69, 9.17) is 14.2 Å². The number of ether oxygens (including phenoxy) is 3. The molecule has 0 bridgehead atoms. The molecule has 0 heterocycles. The first kappa shape index (κ1) is 61.3. The minimum atomic E-state index is -0.826. The Bertz CT molecular complexity index is 1310. The van der Waals surface area contributed by atoms with Crippen LogP contribution in [0.2, 0.25) is 0 Å². The van der Waals surface area contributed by atoms with Gasteiger partial charge in [0.2, 0.25) is 0 Å². The van der Waals surface area contributed by atoms with Crippen molar-refractivity contribution in [2.24, 2.45) is 0 Å². The molecule has 0 spiro atoms. The van der Waals surface area contributed by atoms with E-state index in [0.29, 0.717) is 19.3 Å². The molecule has 0 N–H and O–H groups in total. The normalized spacial score (nSPS) is 12.8. The monoisotopic (exact) mass is 903 g/mol. The highest BCUT2D eigenvalue weighted by atomic mass is 16.6. The first-order valence-electron chi connectivity index (χ1n) is 26.7. The van der Waals surface area contributed by atoms with Crippen LogP contribution >= 0.6 is 0 Å². The first-order chi connectivity index (χ1) is 32.0. The molecule has 0 aliphatic heterocycles. The quantitative estimate of drug-likeness (QED) is 0.0262. The molecular weight excluding hydrogens is 805 g/mol. The Morgan fingerprint density at radius 3 is 0.985 bits per heavy atom. The number of hydrogen-bond acceptors (Lipinski definition) is 6. The Kier molecular flexibility index (Phi) is 50.0. The smallest absolute Gasteiger partial charge is 0.306 e. The summed E-state index contributed by atoms with van der Waals surface area (Å²) in [4.78, 5) is 38.0. The molecule has 0 fully saturated rings. The molecule has 0 unspecified atom stereocenters. The van der Waals surface area contributed by atoms with Crippen LogP contribution in [0.5, 0.6) is 0 Å². The van der Waals surface area contributed by atoms with Gasteiger partial charge in [0, 0.05) is 19.3 Å². The molecule has 0 aromatic carbocycles. The molecule has 0 saturated carbocycles. The standard InChI is InChI=1S/C59H98O6/c1-4-7-10-13-16-19-22-25-27-28-29-30-32-34-37-40-43-46-49-52-58(61)64-55-56(54-63-57(60)51-48-45-42-39-36-33-24-21-18-15-12-9-6-3)65-59(62)53-50-47-44-41-38-35-31-26-23-20-17-14-11-8-5-2/h16-17,19-20,25-27,29-31,34,37-38,41,43,46,56H,4-15,18,21-24,28,32-33,35-36,39-40,42,44-45,47-55H2,1-3H3/b19-16-,20-17-,27-25-,30-29-,31-26-,37-34-,41-38-,46-43-/t56-/m0/s1. The number of rotatable bonds is 47. The largest absolute Gasteiger partial charge is 0.462 e. The van der Waals surface area contributed by atoms with Gasteiger partial charge >= 0.3 is 17.9 Å². The van der Waals surface area contributed by atoms with E-state index >= 15 is 0 Å². The van der Waals surface area contributed by atoms with Crippen LogP contribution in [0.15, 0.2) is 97.2 Å². The van der Waals surface area contributed by atoms with Gasteiger partial charge < -0.3 is 14.2 Å². The number of carbonyl (C=O) groups excluding carboxylic acids is 3. The zero-order valence-corrected chi connectivity index (χ0v) is 42.2. The number of esters is 3. The highest BCUT2D eigenvalue weighted by Crippen LogP contribution is 2.14. The van der Waals surface area contributed by atoms with E-state index in [9.17, 15) is 14.4 Å². The average molecular weight is 903 g/mol. The van der Waals surface area contributed by atoms with Gasteiger partial charge in [0.1, 0.15) is 13.2 Å². The molecule has 65 heavy (non-hydrogen) atoms. The summed E-state index contributed by atoms with van der Waals surface area (Å²) < 4.78 is 16.7. The van der Waals surface area contributed by atoms with E-state index in [1.807, 2.05) is 6.08 Å². The van der Waals surface area contributed by atoms with Crippen LogP contribution in [-0.2, 0) is 28.6 Å². The highest BCUT2D eigenvalue weighted by Gasteiger charge is 2.19. The Morgan fingerprint density at radius 1 is 0.308 bits per heavy atom. The number of carbonyl (C=O) groups is 3. The fourth-order valence-electron chi connectivity index (χ4n) is 7.02. The van der Waals surface area contributed by atoms with Crippen molar-refractivity contribution < 1.29 is 28.6 Å². The van der Waals surface area contributed by atoms with Gasteiger partial charge in [0.25, 0.3) is 0 Å². The average Bonchev–Trinajstić information content (AvgIpc) is 3.30. The molecule has 6 nitrogen and oxygen atoms in total. The minimum absolute atomic E-state index is 0.115. The van der Waals surface area contributed by atoms with E-state index in [-0.39, 0.29) is 44.0 Å². The van der Waals surface area contributed by atoms with Crippen LogP contribution in [-0.4, -0.2) is 37.2 Å². The van der Waals surface area contributed by atoms with E-state index in [0.717, 1.165) is 70.6 Å². The predicted octanol–water partition coefficient (Wildman–Crippen LogP) is 17.8. The summed E-state index contributed by atoms with van der Waals surface area (Å²) in [6.45, 7) is 6.48. The van der Waals surface area contributed by atoms with Gasteiger partial charge in [-0.25, -0.2) is 0 Å². The van der Waals surface area contributed by atoms with Crippen molar-refractivity contribution in [3.8, 4) is 0 Å². The molecule has 6 heteroatoms. The van der Waals surface area contributed by atoms with E-state index in [1.165, 1.54) is 116 Å². The number of unbranched alkanes of at least 4 members (excludes halogenated alkanes) is 20. The second kappa shape index (κ2) is 52.9. The third kappa shape index (κ3) is 51.2. The van der Waals surface area contributed by atoms with Crippen molar-refractivity contribution >= 4 is 17.9 Å². The topological polar surface area (TPSA) is 78.9 Å². The summed E-state index contributed by atoms with van der Waals surface area (Å²) in [6.07, 6.45) is 69.7. The summed E-state index contributed by atoms with van der Waals surface area (Å²) in [5.74, 6) is -1.04. The van der Waals surface area contributed by atoms with Gasteiger partial charge in [-0.05, 0) is 96.3 Å². The van der Waals surface area contributed by atoms with Gasteiger partial charge in [-0.15, -0.1) is 0 Å². The van der Waals surface area contributed by atoms with Crippen LogP contribution in [0.4, 0.5) is 0 Å². The lowest BCUT2D eigenvalue weighted by Gasteiger charge is -2.18. The fraction of sp³-hybridized carbons (Fsp3) is 0.678. The first-order valence-corrected chi connectivity index (χ1v) is 26.7. The molecule has 1 atom stereocenters. The lowest BCUT2D eigenvalue weighted by molar-refractivity contribution is -0.166. The second-order valence-electron chi connectivity index (χ2n) is 17.4. The summed E-state index contributed by atoms with van der Waals surface area (Å²) in [6, 6.07) is 0. The molecule has 0 amide bonds. The summed E-state index contributed by atoms with van der Waals surface area (Å²) in [7, 11) is 0. The molecule has 370 valence electrons. The maximum absolute atomic E-state index is 12.8. The number of hydrogen-bond donors (Lipinski definition) is 0. The minimum Gasteiger partial charge on any atom is -0.462 e. The Labute approximate surface area is 400 Å². The van der Waals surface area contributed by atoms with Crippen molar-refractivity contribution in [3.63, 3.8) is 0 Å². The molecular formula is C59H98O6. The van der Waals surface area contributed by atoms with Crippen molar-refractivity contribution in [1.82, 2.24) is 0 Å². The lowest BCUT2D eigenvalue weighted by Crippen LogP contribution is -2.30. The van der Waals surface area contributed by atoms with E-state index < -0.39 is 6.10 Å². The zero-order valence-electron chi connectivity index (χ0n) is 42.2. The van der Waals surface area contributed by atoms with E-state index in [2.05, 4.69) is 112 Å². The molecule has 0 aliphatic carbocycles. The summed E-state index contributed by atoms with van der Waals surface area (Å²) in [5.41, 5.74) is 0. The summed E-state index contributed by atoms with van der Waals surface area (Å²) in [5, 5.41) is 0. The van der Waals surface area contributed by atoms with E-state index in [1.54, 1.807) is 0 Å². The third-order valence-corrected chi connectivity index (χ3v) is 11.1. The van der Waals surface area contributed by atoms with Crippen LogP contribution in [0.3, 0.4) is 0 Å². The summed E-state index contributed by atoms with van der Waals surface area (Å²) >= 11 is 0. The molecule has 0 saturated heterocycles.